The normalized spacial score (nSPS) is 10.9. The summed E-state index contributed by atoms with van der Waals surface area (Å²) >= 11 is 1.52. The summed E-state index contributed by atoms with van der Waals surface area (Å²) < 4.78 is 0.782. The van der Waals surface area contributed by atoms with Crippen LogP contribution in [0.4, 0.5) is 11.6 Å². The first-order valence-electron chi connectivity index (χ1n) is 7.29. The van der Waals surface area contributed by atoms with Crippen LogP contribution in [0.25, 0.3) is 10.6 Å². The zero-order chi connectivity index (χ0) is 16.2. The maximum absolute atomic E-state index is 5.79. The van der Waals surface area contributed by atoms with Crippen LogP contribution in [0.2, 0.25) is 0 Å². The molecule has 0 aliphatic rings. The molecule has 2 aromatic heterocycles. The highest BCUT2D eigenvalue weighted by molar-refractivity contribution is 7.23. The van der Waals surface area contributed by atoms with E-state index in [-0.39, 0.29) is 0 Å². The molecule has 1 N–H and O–H groups in total. The number of nitrogens with one attached hydrogen (secondary N) is 1. The van der Waals surface area contributed by atoms with E-state index in [0.717, 1.165) is 27.6 Å². The van der Waals surface area contributed by atoms with Gasteiger partial charge in [0.25, 0.3) is 0 Å². The molecular formula is C17H17BN4S. The van der Waals surface area contributed by atoms with Crippen molar-refractivity contribution in [2.75, 3.05) is 19.4 Å². The predicted molar refractivity (Wildman–Crippen MR) is 97.8 cm³/mol. The molecular weight excluding hydrogens is 303 g/mol. The molecule has 1 aromatic carbocycles. The second kappa shape index (κ2) is 6.94. The van der Waals surface area contributed by atoms with Crippen LogP contribution in [0, 0.1) is 0 Å². The van der Waals surface area contributed by atoms with Crippen LogP contribution in [0.15, 0.2) is 48.7 Å². The van der Waals surface area contributed by atoms with Gasteiger partial charge in [-0.3, -0.25) is 0 Å². The lowest BCUT2D eigenvalue weighted by Crippen LogP contribution is -2.10. The minimum atomic E-state index is 0.580. The lowest BCUT2D eigenvalue weighted by Gasteiger charge is -2.11. The summed E-state index contributed by atoms with van der Waals surface area (Å²) in [5, 5.41) is 3.27. The fourth-order valence-electron chi connectivity index (χ4n) is 2.29. The van der Waals surface area contributed by atoms with Gasteiger partial charge >= 0.3 is 0 Å². The van der Waals surface area contributed by atoms with Crippen molar-refractivity contribution in [1.29, 1.82) is 0 Å². The third-order valence-corrected chi connectivity index (χ3v) is 4.15. The van der Waals surface area contributed by atoms with Crippen LogP contribution >= 0.6 is 11.3 Å². The Morgan fingerprint density at radius 2 is 2.04 bits per heavy atom. The van der Waals surface area contributed by atoms with Gasteiger partial charge in [-0.05, 0) is 48.7 Å². The molecule has 0 bridgehead atoms. The van der Waals surface area contributed by atoms with Crippen molar-refractivity contribution in [3.8, 4) is 10.6 Å². The van der Waals surface area contributed by atoms with Crippen LogP contribution in [-0.2, 0) is 6.54 Å². The van der Waals surface area contributed by atoms with Gasteiger partial charge in [0.15, 0.2) is 0 Å². The fourth-order valence-corrected chi connectivity index (χ4v) is 3.03. The molecule has 0 unspecified atom stereocenters. The molecule has 0 saturated carbocycles. The molecule has 0 aliphatic heterocycles. The molecule has 2 heterocycles. The van der Waals surface area contributed by atoms with Crippen LogP contribution in [0.5, 0.6) is 0 Å². The second-order valence-corrected chi connectivity index (χ2v) is 6.65. The molecule has 0 spiro atoms. The molecule has 114 valence electrons. The number of anilines is 2. The Morgan fingerprint density at radius 3 is 2.78 bits per heavy atom. The Hall–Kier alpha value is -2.18. The van der Waals surface area contributed by atoms with E-state index in [1.165, 1.54) is 16.9 Å². The van der Waals surface area contributed by atoms with Crippen molar-refractivity contribution >= 4 is 35.6 Å². The molecule has 0 amide bonds. The predicted octanol–water partition coefficient (Wildman–Crippen LogP) is 2.80. The standard InChI is InChI=1S/C17H17BN4S/c1-22(2)11-12-4-3-5-13(10-12)20-17-19-9-8-14(21-17)15-6-7-16(18)23-15/h3-10H,11H2,1-2H3,(H,19,20,21). The highest BCUT2D eigenvalue weighted by Crippen LogP contribution is 2.22. The SMILES string of the molecule is [B]c1ccc(-c2ccnc(Nc3cccc(CN(C)C)c3)n2)s1. The van der Waals surface area contributed by atoms with Crippen LogP contribution < -0.4 is 10.1 Å². The first-order chi connectivity index (χ1) is 11.1. The van der Waals surface area contributed by atoms with Gasteiger partial charge in [0.2, 0.25) is 5.95 Å². The summed E-state index contributed by atoms with van der Waals surface area (Å²) in [6, 6.07) is 14.0. The van der Waals surface area contributed by atoms with Crippen molar-refractivity contribution < 1.29 is 0 Å². The summed E-state index contributed by atoms with van der Waals surface area (Å²) in [4.78, 5) is 12.0. The molecule has 3 rings (SSSR count). The number of rotatable bonds is 5. The summed E-state index contributed by atoms with van der Waals surface area (Å²) in [7, 11) is 9.90. The fraction of sp³-hybridized carbons (Fsp3) is 0.176. The third-order valence-electron chi connectivity index (χ3n) is 3.22. The zero-order valence-corrected chi connectivity index (χ0v) is 14.0. The summed E-state index contributed by atoms with van der Waals surface area (Å²) in [6.07, 6.45) is 1.75. The Morgan fingerprint density at radius 1 is 1.17 bits per heavy atom. The number of benzene rings is 1. The van der Waals surface area contributed by atoms with Crippen LogP contribution in [0.3, 0.4) is 0 Å². The monoisotopic (exact) mass is 320 g/mol. The minimum Gasteiger partial charge on any atom is -0.324 e. The van der Waals surface area contributed by atoms with Crippen molar-refractivity contribution in [3.63, 3.8) is 0 Å². The molecule has 0 aliphatic carbocycles. The molecule has 6 heteroatoms. The summed E-state index contributed by atoms with van der Waals surface area (Å²) in [5.74, 6) is 0.580. The number of aromatic nitrogens is 2. The molecule has 0 atom stereocenters. The van der Waals surface area contributed by atoms with Crippen molar-refractivity contribution in [2.45, 2.75) is 6.54 Å². The van der Waals surface area contributed by atoms with Crippen LogP contribution in [0.1, 0.15) is 5.56 Å². The first-order valence-corrected chi connectivity index (χ1v) is 8.11. The Bertz CT molecular complexity index is 801. The van der Waals surface area contributed by atoms with E-state index in [4.69, 9.17) is 7.85 Å². The number of hydrogen-bond donors (Lipinski definition) is 1. The van der Waals surface area contributed by atoms with Gasteiger partial charge in [-0.15, -0.1) is 0 Å². The second-order valence-electron chi connectivity index (χ2n) is 5.53. The van der Waals surface area contributed by atoms with Gasteiger partial charge in [-0.2, -0.15) is 11.3 Å². The first kappa shape index (κ1) is 15.7. The van der Waals surface area contributed by atoms with E-state index < -0.39 is 0 Å². The van der Waals surface area contributed by atoms with E-state index in [0.29, 0.717) is 5.95 Å². The van der Waals surface area contributed by atoms with Crippen molar-refractivity contribution in [3.05, 3.63) is 54.2 Å². The highest BCUT2D eigenvalue weighted by atomic mass is 32.1. The van der Waals surface area contributed by atoms with Gasteiger partial charge in [-0.1, -0.05) is 18.2 Å². The topological polar surface area (TPSA) is 41.1 Å². The lowest BCUT2D eigenvalue weighted by atomic mass is 10.1. The van der Waals surface area contributed by atoms with Gasteiger partial charge in [0.1, 0.15) is 7.85 Å². The van der Waals surface area contributed by atoms with E-state index in [1.54, 1.807) is 6.20 Å². The summed E-state index contributed by atoms with van der Waals surface area (Å²) in [5.41, 5.74) is 3.09. The molecule has 4 nitrogen and oxygen atoms in total. The molecule has 23 heavy (non-hydrogen) atoms. The van der Waals surface area contributed by atoms with Gasteiger partial charge in [0, 0.05) is 18.4 Å². The Balaban J connectivity index is 1.80. The maximum Gasteiger partial charge on any atom is 0.227 e. The van der Waals surface area contributed by atoms with Crippen LogP contribution in [-0.4, -0.2) is 36.8 Å². The third kappa shape index (κ3) is 4.18. The molecule has 2 radical (unpaired) electrons. The lowest BCUT2D eigenvalue weighted by molar-refractivity contribution is 0.402. The quantitative estimate of drug-likeness (QED) is 0.734. The molecule has 0 fully saturated rings. The smallest absolute Gasteiger partial charge is 0.227 e. The summed E-state index contributed by atoms with van der Waals surface area (Å²) in [6.45, 7) is 0.894. The largest absolute Gasteiger partial charge is 0.324 e. The molecule has 3 aromatic rings. The van der Waals surface area contributed by atoms with Gasteiger partial charge < -0.3 is 10.2 Å². The van der Waals surface area contributed by atoms with E-state index >= 15 is 0 Å². The van der Waals surface area contributed by atoms with E-state index in [9.17, 15) is 0 Å². The van der Waals surface area contributed by atoms with Crippen molar-refractivity contribution in [1.82, 2.24) is 14.9 Å². The number of thiophene rings is 1. The van der Waals surface area contributed by atoms with Gasteiger partial charge in [-0.25, -0.2) is 9.97 Å². The minimum absolute atomic E-state index is 0.580. The van der Waals surface area contributed by atoms with E-state index in [1.807, 2.05) is 30.3 Å². The van der Waals surface area contributed by atoms with Gasteiger partial charge in [0.05, 0.1) is 10.6 Å². The van der Waals surface area contributed by atoms with Crippen molar-refractivity contribution in [2.24, 2.45) is 0 Å². The average Bonchev–Trinajstić information content (AvgIpc) is 2.94. The number of nitrogens with zero attached hydrogens (tertiary/aromatic N) is 3. The molecule has 0 saturated heterocycles. The zero-order valence-electron chi connectivity index (χ0n) is 13.2. The Labute approximate surface area is 141 Å². The number of hydrogen-bond acceptors (Lipinski definition) is 5. The average molecular weight is 320 g/mol. The Kier molecular flexibility index (Phi) is 4.74. The highest BCUT2D eigenvalue weighted by Gasteiger charge is 2.05. The van der Waals surface area contributed by atoms with E-state index in [2.05, 4.69) is 46.4 Å². The maximum atomic E-state index is 5.79.